The molecule has 1 aliphatic heterocycles. The number of aromatic nitrogens is 2. The molecule has 2 heterocycles. The lowest BCUT2D eigenvalue weighted by molar-refractivity contribution is 0.259. The highest BCUT2D eigenvalue weighted by atomic mass is 16.6. The molecule has 0 N–H and O–H groups in total. The van der Waals surface area contributed by atoms with Gasteiger partial charge < -0.3 is 14.2 Å². The van der Waals surface area contributed by atoms with Crippen molar-refractivity contribution in [3.05, 3.63) is 36.7 Å². The quantitative estimate of drug-likeness (QED) is 0.257. The van der Waals surface area contributed by atoms with Gasteiger partial charge in [-0.25, -0.2) is 9.97 Å². The first-order valence-corrected chi connectivity index (χ1v) is 11.6. The largest absolute Gasteiger partial charge is 0.491 e. The van der Waals surface area contributed by atoms with Crippen molar-refractivity contribution in [3.63, 3.8) is 0 Å². The molecule has 0 bridgehead atoms. The van der Waals surface area contributed by atoms with Crippen LogP contribution < -0.4 is 9.47 Å². The summed E-state index contributed by atoms with van der Waals surface area (Å²) in [5, 5.41) is 0. The minimum absolute atomic E-state index is 0.253. The SMILES string of the molecule is CCCCCCCCOc1cnc(-c2ccc(OCC3OC3CCCC)cc2)nc1. The van der Waals surface area contributed by atoms with Crippen molar-refractivity contribution in [2.45, 2.75) is 83.8 Å². The average Bonchev–Trinajstić information content (AvgIpc) is 3.55. The van der Waals surface area contributed by atoms with Gasteiger partial charge >= 0.3 is 0 Å². The van der Waals surface area contributed by atoms with Gasteiger partial charge in [0.15, 0.2) is 11.6 Å². The van der Waals surface area contributed by atoms with Gasteiger partial charge in [0.25, 0.3) is 0 Å². The van der Waals surface area contributed by atoms with Gasteiger partial charge in [0, 0.05) is 5.56 Å². The van der Waals surface area contributed by atoms with Crippen LogP contribution in [0.2, 0.25) is 0 Å². The summed E-state index contributed by atoms with van der Waals surface area (Å²) in [4.78, 5) is 8.89. The summed E-state index contributed by atoms with van der Waals surface area (Å²) in [6.07, 6.45) is 15.3. The third kappa shape index (κ3) is 7.60. The molecule has 3 rings (SSSR count). The standard InChI is InChI=1S/C25H36N2O3/c1-3-5-7-8-9-10-16-28-22-17-26-25(27-18-22)20-12-14-21(15-13-20)29-19-24-23(30-24)11-6-4-2/h12-15,17-18,23-24H,3-11,16,19H2,1-2H3. The number of rotatable bonds is 15. The lowest BCUT2D eigenvalue weighted by Gasteiger charge is -2.07. The van der Waals surface area contributed by atoms with Crippen LogP contribution in [0.1, 0.15) is 71.6 Å². The summed E-state index contributed by atoms with van der Waals surface area (Å²) in [5.74, 6) is 2.27. The third-order valence-corrected chi connectivity index (χ3v) is 5.45. The Morgan fingerprint density at radius 3 is 2.20 bits per heavy atom. The van der Waals surface area contributed by atoms with Crippen LogP contribution in [0.4, 0.5) is 0 Å². The van der Waals surface area contributed by atoms with Crippen molar-refractivity contribution in [1.29, 1.82) is 0 Å². The minimum atomic E-state index is 0.253. The molecule has 2 unspecified atom stereocenters. The lowest BCUT2D eigenvalue weighted by Crippen LogP contribution is -2.07. The van der Waals surface area contributed by atoms with Gasteiger partial charge in [-0.2, -0.15) is 0 Å². The Balaban J connectivity index is 1.36. The van der Waals surface area contributed by atoms with Crippen molar-refractivity contribution in [1.82, 2.24) is 9.97 Å². The zero-order valence-electron chi connectivity index (χ0n) is 18.5. The van der Waals surface area contributed by atoms with E-state index in [0.29, 0.717) is 18.5 Å². The van der Waals surface area contributed by atoms with E-state index in [1.54, 1.807) is 12.4 Å². The number of benzene rings is 1. The van der Waals surface area contributed by atoms with Crippen LogP contribution in [0.25, 0.3) is 11.4 Å². The summed E-state index contributed by atoms with van der Waals surface area (Å²) in [7, 11) is 0. The van der Waals surface area contributed by atoms with Crippen molar-refractivity contribution < 1.29 is 14.2 Å². The molecule has 5 nitrogen and oxygen atoms in total. The predicted octanol–water partition coefficient (Wildman–Crippen LogP) is 6.22. The Morgan fingerprint density at radius 2 is 1.47 bits per heavy atom. The summed E-state index contributed by atoms with van der Waals surface area (Å²) >= 11 is 0. The van der Waals surface area contributed by atoms with Crippen LogP contribution >= 0.6 is 0 Å². The Kier molecular flexibility index (Phi) is 9.42. The van der Waals surface area contributed by atoms with E-state index in [9.17, 15) is 0 Å². The fraction of sp³-hybridized carbons (Fsp3) is 0.600. The molecule has 0 aliphatic carbocycles. The fourth-order valence-corrected chi connectivity index (χ4v) is 3.48. The van der Waals surface area contributed by atoms with Crippen molar-refractivity contribution in [2.24, 2.45) is 0 Å². The van der Waals surface area contributed by atoms with Gasteiger partial charge in [-0.15, -0.1) is 0 Å². The highest BCUT2D eigenvalue weighted by Crippen LogP contribution is 2.28. The summed E-state index contributed by atoms with van der Waals surface area (Å²) in [6.45, 7) is 5.79. The molecule has 164 valence electrons. The van der Waals surface area contributed by atoms with E-state index in [-0.39, 0.29) is 6.10 Å². The van der Waals surface area contributed by atoms with Gasteiger partial charge in [-0.3, -0.25) is 0 Å². The summed E-state index contributed by atoms with van der Waals surface area (Å²) in [6, 6.07) is 7.91. The monoisotopic (exact) mass is 412 g/mol. The molecule has 30 heavy (non-hydrogen) atoms. The van der Waals surface area contributed by atoms with Crippen molar-refractivity contribution in [3.8, 4) is 22.9 Å². The van der Waals surface area contributed by atoms with Crippen LogP contribution in [0.5, 0.6) is 11.5 Å². The number of unbranched alkanes of at least 4 members (excludes halogenated alkanes) is 6. The molecule has 0 spiro atoms. The molecule has 2 atom stereocenters. The van der Waals surface area contributed by atoms with E-state index in [0.717, 1.165) is 36.5 Å². The molecule has 1 aromatic heterocycles. The molecule has 1 saturated heterocycles. The predicted molar refractivity (Wildman–Crippen MR) is 120 cm³/mol. The number of hydrogen-bond acceptors (Lipinski definition) is 5. The van der Waals surface area contributed by atoms with Crippen molar-refractivity contribution in [2.75, 3.05) is 13.2 Å². The smallest absolute Gasteiger partial charge is 0.159 e. The van der Waals surface area contributed by atoms with E-state index in [1.807, 2.05) is 24.3 Å². The van der Waals surface area contributed by atoms with Gasteiger partial charge in [0.05, 0.1) is 25.1 Å². The highest BCUT2D eigenvalue weighted by molar-refractivity contribution is 5.56. The first-order chi connectivity index (χ1) is 14.8. The van der Waals surface area contributed by atoms with Crippen LogP contribution in [0, 0.1) is 0 Å². The number of epoxide rings is 1. The Hall–Kier alpha value is -2.14. The Labute approximate surface area is 181 Å². The van der Waals surface area contributed by atoms with Gasteiger partial charge in [0.2, 0.25) is 0 Å². The number of hydrogen-bond donors (Lipinski definition) is 0. The number of nitrogens with zero attached hydrogens (tertiary/aromatic N) is 2. The second-order valence-corrected chi connectivity index (χ2v) is 8.05. The van der Waals surface area contributed by atoms with E-state index >= 15 is 0 Å². The minimum Gasteiger partial charge on any atom is -0.491 e. The van der Waals surface area contributed by atoms with E-state index < -0.39 is 0 Å². The van der Waals surface area contributed by atoms with Gasteiger partial charge in [-0.05, 0) is 37.1 Å². The first-order valence-electron chi connectivity index (χ1n) is 11.6. The molecule has 0 saturated carbocycles. The maximum Gasteiger partial charge on any atom is 0.159 e. The topological polar surface area (TPSA) is 56.8 Å². The lowest BCUT2D eigenvalue weighted by atomic mass is 10.1. The molecule has 5 heteroatoms. The van der Waals surface area contributed by atoms with E-state index in [2.05, 4.69) is 23.8 Å². The van der Waals surface area contributed by atoms with Crippen molar-refractivity contribution >= 4 is 0 Å². The molecule has 0 radical (unpaired) electrons. The molecule has 1 fully saturated rings. The molecule has 0 amide bonds. The molecule has 1 aliphatic rings. The molecule has 2 aromatic rings. The summed E-state index contributed by atoms with van der Waals surface area (Å²) < 4.78 is 17.3. The van der Waals surface area contributed by atoms with Crippen LogP contribution in [0.15, 0.2) is 36.7 Å². The summed E-state index contributed by atoms with van der Waals surface area (Å²) in [5.41, 5.74) is 0.966. The van der Waals surface area contributed by atoms with E-state index in [4.69, 9.17) is 14.2 Å². The maximum atomic E-state index is 5.85. The van der Waals surface area contributed by atoms with Crippen LogP contribution in [0.3, 0.4) is 0 Å². The van der Waals surface area contributed by atoms with E-state index in [1.165, 1.54) is 44.9 Å². The number of ether oxygens (including phenoxy) is 3. The second kappa shape index (κ2) is 12.5. The van der Waals surface area contributed by atoms with Gasteiger partial charge in [0.1, 0.15) is 18.5 Å². The van der Waals surface area contributed by atoms with Crippen LogP contribution in [-0.2, 0) is 4.74 Å². The second-order valence-electron chi connectivity index (χ2n) is 8.05. The highest BCUT2D eigenvalue weighted by Gasteiger charge is 2.38. The Bertz CT molecular complexity index is 718. The maximum absolute atomic E-state index is 5.85. The normalized spacial score (nSPS) is 17.7. The third-order valence-electron chi connectivity index (χ3n) is 5.45. The zero-order chi connectivity index (χ0) is 21.0. The first kappa shape index (κ1) is 22.5. The Morgan fingerprint density at radius 1 is 0.767 bits per heavy atom. The average molecular weight is 413 g/mol. The zero-order valence-corrected chi connectivity index (χ0v) is 18.5. The molecule has 1 aromatic carbocycles. The van der Waals surface area contributed by atoms with Gasteiger partial charge in [-0.1, -0.05) is 58.8 Å². The molecular formula is C25H36N2O3. The fourth-order valence-electron chi connectivity index (χ4n) is 3.48. The molecular weight excluding hydrogens is 376 g/mol. The van der Waals surface area contributed by atoms with Crippen LogP contribution in [-0.4, -0.2) is 35.4 Å².